The van der Waals surface area contributed by atoms with Gasteiger partial charge in [-0.05, 0) is 26.6 Å². The van der Waals surface area contributed by atoms with Crippen molar-refractivity contribution in [1.29, 1.82) is 0 Å². The molecular formula is C17H28N4O2. The van der Waals surface area contributed by atoms with Crippen molar-refractivity contribution in [3.05, 3.63) is 35.9 Å². The lowest BCUT2D eigenvalue weighted by molar-refractivity contribution is -0.128. The first kappa shape index (κ1) is 19.0. The Morgan fingerprint density at radius 2 is 1.87 bits per heavy atom. The van der Waals surface area contributed by atoms with E-state index in [4.69, 9.17) is 0 Å². The molecule has 128 valence electrons. The Bertz CT molecular complexity index is 479. The van der Waals surface area contributed by atoms with Gasteiger partial charge in [0.15, 0.2) is 0 Å². The summed E-state index contributed by atoms with van der Waals surface area (Å²) in [4.78, 5) is 25.2. The van der Waals surface area contributed by atoms with Gasteiger partial charge in [-0.2, -0.15) is 0 Å². The minimum atomic E-state index is -0.165. The minimum absolute atomic E-state index is 0.163. The maximum atomic E-state index is 12.0. The monoisotopic (exact) mass is 320 g/mol. The lowest BCUT2D eigenvalue weighted by Crippen LogP contribution is -2.38. The van der Waals surface area contributed by atoms with Crippen molar-refractivity contribution in [2.75, 3.05) is 33.7 Å². The van der Waals surface area contributed by atoms with Gasteiger partial charge in [0.25, 0.3) is 0 Å². The predicted octanol–water partition coefficient (Wildman–Crippen LogP) is 1.19. The van der Waals surface area contributed by atoms with Crippen LogP contribution in [0, 0.1) is 5.92 Å². The third kappa shape index (κ3) is 7.15. The fourth-order valence-corrected chi connectivity index (χ4v) is 2.41. The van der Waals surface area contributed by atoms with E-state index in [2.05, 4.69) is 16.0 Å². The molecule has 0 spiro atoms. The van der Waals surface area contributed by atoms with Crippen LogP contribution in [-0.4, -0.2) is 50.6 Å². The molecule has 0 aliphatic carbocycles. The van der Waals surface area contributed by atoms with Gasteiger partial charge in [0.05, 0.1) is 0 Å². The highest BCUT2D eigenvalue weighted by Gasteiger charge is 2.29. The van der Waals surface area contributed by atoms with Crippen LogP contribution in [0.2, 0.25) is 0 Å². The van der Waals surface area contributed by atoms with Crippen LogP contribution >= 0.6 is 0 Å². The second kappa shape index (κ2) is 10.6. The molecule has 1 aromatic carbocycles. The van der Waals surface area contributed by atoms with Gasteiger partial charge in [-0.1, -0.05) is 30.3 Å². The van der Waals surface area contributed by atoms with Crippen LogP contribution in [0.15, 0.2) is 30.3 Å². The molecule has 1 saturated heterocycles. The maximum Gasteiger partial charge on any atom is 0.314 e. The Balaban J connectivity index is 0.000000816. The smallest absolute Gasteiger partial charge is 0.314 e. The van der Waals surface area contributed by atoms with E-state index >= 15 is 0 Å². The number of rotatable bonds is 5. The van der Waals surface area contributed by atoms with Crippen LogP contribution in [0.5, 0.6) is 0 Å². The number of likely N-dealkylation sites (tertiary alicyclic amines) is 1. The zero-order valence-electron chi connectivity index (χ0n) is 14.3. The molecule has 6 heteroatoms. The summed E-state index contributed by atoms with van der Waals surface area (Å²) in [6.45, 7) is 4.39. The molecule has 0 bridgehead atoms. The molecule has 1 heterocycles. The Labute approximate surface area is 138 Å². The van der Waals surface area contributed by atoms with E-state index in [-0.39, 0.29) is 17.9 Å². The standard InChI is InChI=1S/C15H21N3O2.C2H7N/c1-2-16-15(20)17-9-13-8-14(19)18(11-13)10-12-6-4-3-5-7-12;1-3-2/h3-7,13H,2,8-11H2,1H3,(H2,16,17,20);3H,1-2H3. The van der Waals surface area contributed by atoms with Crippen molar-refractivity contribution in [3.63, 3.8) is 0 Å². The van der Waals surface area contributed by atoms with Crippen LogP contribution in [0.4, 0.5) is 4.79 Å². The number of nitrogens with zero attached hydrogens (tertiary/aromatic N) is 1. The predicted molar refractivity (Wildman–Crippen MR) is 92.0 cm³/mol. The second-order valence-corrected chi connectivity index (χ2v) is 5.57. The Kier molecular flexibility index (Phi) is 8.75. The lowest BCUT2D eigenvalue weighted by atomic mass is 10.1. The Morgan fingerprint density at radius 3 is 2.48 bits per heavy atom. The van der Waals surface area contributed by atoms with Crippen LogP contribution in [-0.2, 0) is 11.3 Å². The van der Waals surface area contributed by atoms with Crippen LogP contribution in [0.25, 0.3) is 0 Å². The van der Waals surface area contributed by atoms with Crippen molar-refractivity contribution < 1.29 is 9.59 Å². The number of carbonyl (C=O) groups is 2. The largest absolute Gasteiger partial charge is 0.338 e. The molecule has 1 aliphatic rings. The van der Waals surface area contributed by atoms with Crippen molar-refractivity contribution in [2.45, 2.75) is 19.9 Å². The van der Waals surface area contributed by atoms with Gasteiger partial charge in [-0.15, -0.1) is 0 Å². The van der Waals surface area contributed by atoms with E-state index in [1.165, 1.54) is 0 Å². The van der Waals surface area contributed by atoms with E-state index in [1.807, 2.05) is 56.3 Å². The third-order valence-electron chi connectivity index (χ3n) is 3.40. The fraction of sp³-hybridized carbons (Fsp3) is 0.529. The quantitative estimate of drug-likeness (QED) is 0.763. The number of amides is 3. The third-order valence-corrected chi connectivity index (χ3v) is 3.40. The molecule has 6 nitrogen and oxygen atoms in total. The number of nitrogens with one attached hydrogen (secondary N) is 3. The van der Waals surface area contributed by atoms with E-state index in [1.54, 1.807) is 0 Å². The zero-order chi connectivity index (χ0) is 17.1. The van der Waals surface area contributed by atoms with E-state index in [0.29, 0.717) is 32.6 Å². The number of urea groups is 1. The summed E-state index contributed by atoms with van der Waals surface area (Å²) in [5.74, 6) is 0.366. The molecule has 0 saturated carbocycles. The number of carbonyl (C=O) groups excluding carboxylic acids is 2. The Hall–Kier alpha value is -2.08. The fourth-order valence-electron chi connectivity index (χ4n) is 2.41. The van der Waals surface area contributed by atoms with Crippen LogP contribution in [0.3, 0.4) is 0 Å². The molecule has 3 N–H and O–H groups in total. The molecule has 3 amide bonds. The van der Waals surface area contributed by atoms with Crippen LogP contribution in [0.1, 0.15) is 18.9 Å². The zero-order valence-corrected chi connectivity index (χ0v) is 14.3. The summed E-state index contributed by atoms with van der Waals surface area (Å²) in [5, 5.41) is 8.23. The first-order valence-electron chi connectivity index (χ1n) is 8.02. The molecule has 1 unspecified atom stereocenters. The Morgan fingerprint density at radius 1 is 1.22 bits per heavy atom. The molecular weight excluding hydrogens is 292 g/mol. The molecule has 1 aliphatic heterocycles. The average molecular weight is 320 g/mol. The summed E-state index contributed by atoms with van der Waals surface area (Å²) in [7, 11) is 3.75. The van der Waals surface area contributed by atoms with Gasteiger partial charge >= 0.3 is 6.03 Å². The topological polar surface area (TPSA) is 73.5 Å². The second-order valence-electron chi connectivity index (χ2n) is 5.57. The van der Waals surface area contributed by atoms with Crippen molar-refractivity contribution in [1.82, 2.24) is 20.9 Å². The van der Waals surface area contributed by atoms with Crippen LogP contribution < -0.4 is 16.0 Å². The van der Waals surface area contributed by atoms with Crippen molar-refractivity contribution in [2.24, 2.45) is 5.92 Å². The summed E-state index contributed by atoms with van der Waals surface area (Å²) >= 11 is 0. The van der Waals surface area contributed by atoms with Gasteiger partial charge in [-0.3, -0.25) is 4.79 Å². The molecule has 0 radical (unpaired) electrons. The molecule has 1 atom stereocenters. The number of benzene rings is 1. The van der Waals surface area contributed by atoms with E-state index in [0.717, 1.165) is 5.56 Å². The highest BCUT2D eigenvalue weighted by molar-refractivity contribution is 5.79. The molecule has 1 aromatic rings. The summed E-state index contributed by atoms with van der Waals surface area (Å²) in [6, 6.07) is 9.80. The SMILES string of the molecule is CCNC(=O)NCC1CC(=O)N(Cc2ccccc2)C1.CNC. The highest BCUT2D eigenvalue weighted by atomic mass is 16.2. The molecule has 0 aromatic heterocycles. The van der Waals surface area contributed by atoms with Gasteiger partial charge in [0, 0.05) is 38.5 Å². The maximum absolute atomic E-state index is 12.0. The van der Waals surface area contributed by atoms with Gasteiger partial charge in [-0.25, -0.2) is 4.79 Å². The minimum Gasteiger partial charge on any atom is -0.338 e. The highest BCUT2D eigenvalue weighted by Crippen LogP contribution is 2.19. The summed E-state index contributed by atoms with van der Waals surface area (Å²) in [6.07, 6.45) is 0.513. The van der Waals surface area contributed by atoms with Gasteiger partial charge in [0.1, 0.15) is 0 Å². The summed E-state index contributed by atoms with van der Waals surface area (Å²) < 4.78 is 0. The van der Waals surface area contributed by atoms with Crippen molar-refractivity contribution in [3.8, 4) is 0 Å². The van der Waals surface area contributed by atoms with Gasteiger partial charge < -0.3 is 20.9 Å². The first-order valence-corrected chi connectivity index (χ1v) is 8.02. The number of hydrogen-bond acceptors (Lipinski definition) is 3. The lowest BCUT2D eigenvalue weighted by Gasteiger charge is -2.17. The first-order chi connectivity index (χ1) is 11.1. The summed E-state index contributed by atoms with van der Waals surface area (Å²) in [5.41, 5.74) is 1.14. The molecule has 1 fully saturated rings. The molecule has 23 heavy (non-hydrogen) atoms. The van der Waals surface area contributed by atoms with Gasteiger partial charge in [0.2, 0.25) is 5.91 Å². The average Bonchev–Trinajstić information content (AvgIpc) is 2.88. The van der Waals surface area contributed by atoms with E-state index < -0.39 is 0 Å². The van der Waals surface area contributed by atoms with Crippen molar-refractivity contribution >= 4 is 11.9 Å². The molecule has 2 rings (SSSR count). The normalized spacial score (nSPS) is 16.6. The van der Waals surface area contributed by atoms with E-state index in [9.17, 15) is 9.59 Å². The number of hydrogen-bond donors (Lipinski definition) is 3.